The molecule has 4 heteroatoms. The fourth-order valence-corrected chi connectivity index (χ4v) is 5.50. The van der Waals surface area contributed by atoms with Crippen molar-refractivity contribution in [3.63, 3.8) is 0 Å². The van der Waals surface area contributed by atoms with Gasteiger partial charge in [0, 0.05) is 44.9 Å². The Morgan fingerprint density at radius 2 is 1.97 bits per heavy atom. The van der Waals surface area contributed by atoms with Gasteiger partial charge in [0.05, 0.1) is 6.04 Å². The van der Waals surface area contributed by atoms with Crippen LogP contribution < -0.4 is 5.32 Å². The second-order valence-electron chi connectivity index (χ2n) is 9.98. The van der Waals surface area contributed by atoms with E-state index in [4.69, 9.17) is 0 Å². The summed E-state index contributed by atoms with van der Waals surface area (Å²) in [5, 5.41) is 3.92. The minimum absolute atomic E-state index is 0.301. The lowest BCUT2D eigenvalue weighted by atomic mass is 9.89. The number of aromatic nitrogens is 1. The maximum Gasteiger partial charge on any atom is 0.0520 e. The van der Waals surface area contributed by atoms with Crippen molar-refractivity contribution in [3.8, 4) is 11.1 Å². The van der Waals surface area contributed by atoms with Gasteiger partial charge in [0.1, 0.15) is 0 Å². The van der Waals surface area contributed by atoms with Crippen molar-refractivity contribution in [2.75, 3.05) is 26.7 Å². The number of likely N-dealkylation sites (tertiary alicyclic amines) is 1. The molecule has 2 atom stereocenters. The summed E-state index contributed by atoms with van der Waals surface area (Å²) in [5.41, 5.74) is 7.57. The smallest absolute Gasteiger partial charge is 0.0520 e. The van der Waals surface area contributed by atoms with Gasteiger partial charge in [-0.1, -0.05) is 50.6 Å². The van der Waals surface area contributed by atoms with Gasteiger partial charge in [-0.2, -0.15) is 0 Å². The summed E-state index contributed by atoms with van der Waals surface area (Å²) in [5.74, 6) is 0.853. The summed E-state index contributed by atoms with van der Waals surface area (Å²) in [6, 6.07) is 11.4. The highest BCUT2D eigenvalue weighted by Crippen LogP contribution is 2.30. The fraction of sp³-hybridized carbons (Fsp3) is 0.452. The van der Waals surface area contributed by atoms with Crippen LogP contribution in [0.1, 0.15) is 51.5 Å². The maximum atomic E-state index is 4.36. The molecule has 3 heterocycles. The van der Waals surface area contributed by atoms with E-state index in [1.807, 2.05) is 13.3 Å². The van der Waals surface area contributed by atoms with E-state index in [0.717, 1.165) is 18.8 Å². The Hall–Kier alpha value is -2.85. The molecule has 2 unspecified atom stereocenters. The van der Waals surface area contributed by atoms with Gasteiger partial charge in [-0.3, -0.25) is 4.99 Å². The normalized spacial score (nSPS) is 21.3. The molecule has 2 aromatic rings. The molecule has 0 radical (unpaired) electrons. The molecule has 35 heavy (non-hydrogen) atoms. The fourth-order valence-electron chi connectivity index (χ4n) is 5.50. The molecule has 0 amide bonds. The Bertz CT molecular complexity index is 1100. The zero-order chi connectivity index (χ0) is 24.6. The molecule has 186 valence electrons. The third kappa shape index (κ3) is 6.43. The zero-order valence-corrected chi connectivity index (χ0v) is 22.0. The highest BCUT2D eigenvalue weighted by atomic mass is 15.1. The largest absolute Gasteiger partial charge is 0.378 e. The molecule has 2 aliphatic heterocycles. The third-order valence-electron chi connectivity index (χ3n) is 7.42. The van der Waals surface area contributed by atoms with Crippen LogP contribution >= 0.6 is 0 Å². The average molecular weight is 471 g/mol. The maximum absolute atomic E-state index is 4.36. The van der Waals surface area contributed by atoms with Crippen LogP contribution in [0.25, 0.3) is 16.8 Å². The molecule has 0 bridgehead atoms. The zero-order valence-electron chi connectivity index (χ0n) is 22.0. The van der Waals surface area contributed by atoms with Crippen molar-refractivity contribution >= 4 is 11.9 Å². The van der Waals surface area contributed by atoms with Crippen molar-refractivity contribution in [1.29, 1.82) is 0 Å². The first-order chi connectivity index (χ1) is 17.1. The second-order valence-corrected chi connectivity index (χ2v) is 9.98. The molecule has 1 saturated heterocycles. The number of aliphatic imine (C=N–C) groups is 1. The first-order valence-electron chi connectivity index (χ1n) is 13.4. The van der Waals surface area contributed by atoms with Crippen LogP contribution in [0.15, 0.2) is 77.1 Å². The number of benzene rings is 1. The molecule has 1 aromatic carbocycles. The first-order valence-corrected chi connectivity index (χ1v) is 13.4. The molecule has 4 rings (SSSR count). The van der Waals surface area contributed by atoms with E-state index < -0.39 is 0 Å². The quantitative estimate of drug-likeness (QED) is 0.403. The summed E-state index contributed by atoms with van der Waals surface area (Å²) in [4.78, 5) is 6.95. The molecule has 2 aliphatic rings. The SMILES string of the molecule is CC/C=C(\C=NC)C1=CC=C(c2cccc(-c3ccn(C)c3)c2)NC1CCCC1CCN(CC)C1. The molecule has 1 N–H and O–H groups in total. The van der Waals surface area contributed by atoms with E-state index in [1.54, 1.807) is 0 Å². The van der Waals surface area contributed by atoms with E-state index in [1.165, 1.54) is 72.4 Å². The Kier molecular flexibility index (Phi) is 8.81. The van der Waals surface area contributed by atoms with Crippen molar-refractivity contribution < 1.29 is 0 Å². The van der Waals surface area contributed by atoms with E-state index in [2.05, 4.69) is 102 Å². The van der Waals surface area contributed by atoms with Gasteiger partial charge >= 0.3 is 0 Å². The summed E-state index contributed by atoms with van der Waals surface area (Å²) < 4.78 is 2.10. The van der Waals surface area contributed by atoms with E-state index in [9.17, 15) is 0 Å². The van der Waals surface area contributed by atoms with Crippen LogP contribution in [-0.4, -0.2) is 48.4 Å². The van der Waals surface area contributed by atoms with E-state index in [-0.39, 0.29) is 0 Å². The lowest BCUT2D eigenvalue weighted by molar-refractivity contribution is 0.334. The Morgan fingerprint density at radius 3 is 2.69 bits per heavy atom. The van der Waals surface area contributed by atoms with Gasteiger partial charge in [-0.05, 0) is 90.7 Å². The highest BCUT2D eigenvalue weighted by molar-refractivity contribution is 5.86. The first kappa shape index (κ1) is 25.2. The van der Waals surface area contributed by atoms with Crippen LogP contribution in [0.5, 0.6) is 0 Å². The molecule has 1 fully saturated rings. The molecule has 0 spiro atoms. The summed E-state index contributed by atoms with van der Waals surface area (Å²) in [6.07, 6.45) is 19.3. The predicted molar refractivity (Wildman–Crippen MR) is 151 cm³/mol. The number of allylic oxidation sites excluding steroid dienone is 3. The monoisotopic (exact) mass is 470 g/mol. The van der Waals surface area contributed by atoms with Crippen LogP contribution in [0, 0.1) is 5.92 Å². The van der Waals surface area contributed by atoms with Crippen LogP contribution in [0.3, 0.4) is 0 Å². The van der Waals surface area contributed by atoms with E-state index >= 15 is 0 Å². The Balaban J connectivity index is 1.54. The number of nitrogens with zero attached hydrogens (tertiary/aromatic N) is 3. The molecule has 0 aliphatic carbocycles. The molecular formula is C31H42N4. The van der Waals surface area contributed by atoms with Gasteiger partial charge < -0.3 is 14.8 Å². The number of hydrogen-bond donors (Lipinski definition) is 1. The Morgan fingerprint density at radius 1 is 1.11 bits per heavy atom. The van der Waals surface area contributed by atoms with Crippen LogP contribution in [0.2, 0.25) is 0 Å². The Labute approximate surface area is 212 Å². The third-order valence-corrected chi connectivity index (χ3v) is 7.42. The summed E-state index contributed by atoms with van der Waals surface area (Å²) in [7, 11) is 3.94. The van der Waals surface area contributed by atoms with Gasteiger partial charge in [-0.15, -0.1) is 0 Å². The summed E-state index contributed by atoms with van der Waals surface area (Å²) in [6.45, 7) is 8.21. The van der Waals surface area contributed by atoms with Crippen molar-refractivity contribution in [2.24, 2.45) is 18.0 Å². The standard InChI is InChI=1S/C31H42N4/c1-5-9-27(21-32-3)29-14-15-30(26-12-8-11-25(20-26)28-17-18-34(4)23-28)33-31(29)13-7-10-24-16-19-35(6-2)22-24/h8-9,11-12,14-15,17-18,20-21,23-24,31,33H,5-7,10,13,16,19,22H2,1-4H3/b27-9+,32-21?. The van der Waals surface area contributed by atoms with Crippen molar-refractivity contribution in [2.45, 2.75) is 52.0 Å². The topological polar surface area (TPSA) is 32.6 Å². The number of rotatable bonds is 10. The minimum Gasteiger partial charge on any atom is -0.378 e. The number of hydrogen-bond acceptors (Lipinski definition) is 3. The second kappa shape index (κ2) is 12.2. The van der Waals surface area contributed by atoms with Gasteiger partial charge in [0.15, 0.2) is 0 Å². The predicted octanol–water partition coefficient (Wildman–Crippen LogP) is 6.48. The summed E-state index contributed by atoms with van der Waals surface area (Å²) >= 11 is 0. The van der Waals surface area contributed by atoms with Gasteiger partial charge in [-0.25, -0.2) is 0 Å². The molecule has 4 nitrogen and oxygen atoms in total. The highest BCUT2D eigenvalue weighted by Gasteiger charge is 2.24. The lowest BCUT2D eigenvalue weighted by Crippen LogP contribution is -2.33. The van der Waals surface area contributed by atoms with Crippen LogP contribution in [-0.2, 0) is 7.05 Å². The van der Waals surface area contributed by atoms with E-state index in [0.29, 0.717) is 6.04 Å². The lowest BCUT2D eigenvalue weighted by Gasteiger charge is -2.29. The van der Waals surface area contributed by atoms with Gasteiger partial charge in [0.2, 0.25) is 0 Å². The van der Waals surface area contributed by atoms with Crippen molar-refractivity contribution in [1.82, 2.24) is 14.8 Å². The van der Waals surface area contributed by atoms with Crippen LogP contribution in [0.4, 0.5) is 0 Å². The van der Waals surface area contributed by atoms with Crippen molar-refractivity contribution in [3.05, 3.63) is 77.7 Å². The number of nitrogens with one attached hydrogen (secondary N) is 1. The van der Waals surface area contributed by atoms with Gasteiger partial charge in [0.25, 0.3) is 0 Å². The number of dihydropyridines is 1. The minimum atomic E-state index is 0.301. The molecule has 1 aromatic heterocycles. The average Bonchev–Trinajstić information content (AvgIpc) is 3.53. The number of aryl methyl sites for hydroxylation is 1. The molecular weight excluding hydrogens is 428 g/mol. The molecule has 0 saturated carbocycles.